The van der Waals surface area contributed by atoms with Gasteiger partial charge in [0.2, 0.25) is 0 Å². The minimum atomic E-state index is -4.98. The van der Waals surface area contributed by atoms with Gasteiger partial charge in [-0.1, -0.05) is 292 Å². The van der Waals surface area contributed by atoms with Crippen LogP contribution < -0.4 is 0 Å². The van der Waals surface area contributed by atoms with Crippen molar-refractivity contribution >= 4 is 39.5 Å². The molecule has 0 heterocycles. The van der Waals surface area contributed by atoms with Crippen molar-refractivity contribution < 1.29 is 80.2 Å². The first-order chi connectivity index (χ1) is 48.7. The smallest absolute Gasteiger partial charge is 0.462 e. The van der Waals surface area contributed by atoms with Gasteiger partial charge in [-0.05, 0) is 116 Å². The fourth-order valence-corrected chi connectivity index (χ4v) is 12.1. The lowest BCUT2D eigenvalue weighted by Crippen LogP contribution is -2.30. The summed E-state index contributed by atoms with van der Waals surface area (Å²) in [5.41, 5.74) is 0. The molecule has 0 radical (unpaired) electrons. The fourth-order valence-electron chi connectivity index (χ4n) is 10.6. The molecule has 0 spiro atoms. The summed E-state index contributed by atoms with van der Waals surface area (Å²) in [4.78, 5) is 72.9. The van der Waals surface area contributed by atoms with Crippen molar-refractivity contribution in [3.8, 4) is 0 Å². The normalized spacial score (nSPS) is 14.4. The number of aliphatic hydroxyl groups is 1. The molecule has 0 saturated carbocycles. The van der Waals surface area contributed by atoms with E-state index in [2.05, 4.69) is 125 Å². The van der Waals surface area contributed by atoms with Gasteiger partial charge in [0.25, 0.3) is 0 Å². The molecule has 0 bridgehead atoms. The minimum Gasteiger partial charge on any atom is -0.462 e. The summed E-state index contributed by atoms with van der Waals surface area (Å²) >= 11 is 0. The Hall–Kier alpha value is -4.02. The number of carbonyl (C=O) groups is 4. The van der Waals surface area contributed by atoms with Crippen LogP contribution >= 0.6 is 15.6 Å². The molecular formula is C81H142O17P2. The lowest BCUT2D eigenvalue weighted by molar-refractivity contribution is -0.161. The lowest BCUT2D eigenvalue weighted by Gasteiger charge is -2.21. The third kappa shape index (κ3) is 72.3. The molecule has 3 N–H and O–H groups in total. The molecule has 0 amide bonds. The SMILES string of the molecule is CC/C=C\C/C=C\C/C=C\C/C=C\CCCCCCC(=O)OCC(COP(=O)(O)OCC(O)COP(=O)(O)OCC(COC(=O)CCCCCCCCC/C=C\C/C=C\C/C=C\CC)OC(=O)CCCCCCCCCCCCCCCCC)OC(=O)CCCCCCC/C=C\CCCC. The Bertz CT molecular complexity index is 2270. The molecule has 0 aromatic carbocycles. The van der Waals surface area contributed by atoms with E-state index in [0.29, 0.717) is 25.7 Å². The van der Waals surface area contributed by atoms with Crippen molar-refractivity contribution in [2.75, 3.05) is 39.6 Å². The van der Waals surface area contributed by atoms with E-state index in [1.807, 2.05) is 0 Å². The van der Waals surface area contributed by atoms with Crippen LogP contribution in [0.2, 0.25) is 0 Å². The van der Waals surface area contributed by atoms with Crippen LogP contribution in [-0.2, 0) is 65.4 Å². The summed E-state index contributed by atoms with van der Waals surface area (Å²) < 4.78 is 68.5. The highest BCUT2D eigenvalue weighted by molar-refractivity contribution is 7.47. The molecule has 0 saturated heterocycles. The number of hydrogen-bond acceptors (Lipinski definition) is 15. The summed E-state index contributed by atoms with van der Waals surface area (Å²) in [6.45, 7) is 4.61. The van der Waals surface area contributed by atoms with Crippen LogP contribution in [0.5, 0.6) is 0 Å². The molecule has 0 aliphatic carbocycles. The van der Waals surface area contributed by atoms with Crippen LogP contribution in [0.4, 0.5) is 0 Å². The van der Waals surface area contributed by atoms with Crippen molar-refractivity contribution in [3.05, 3.63) is 97.2 Å². The molecule has 5 unspecified atom stereocenters. The molecule has 0 aliphatic heterocycles. The van der Waals surface area contributed by atoms with Crippen molar-refractivity contribution in [1.29, 1.82) is 0 Å². The predicted octanol–water partition coefficient (Wildman–Crippen LogP) is 22.8. The van der Waals surface area contributed by atoms with E-state index in [1.165, 1.54) is 77.0 Å². The monoisotopic (exact) mass is 1450 g/mol. The quantitative estimate of drug-likeness (QED) is 0.0169. The molecule has 0 aromatic heterocycles. The molecule has 19 heteroatoms. The van der Waals surface area contributed by atoms with Crippen LogP contribution in [0, 0.1) is 0 Å². The Kier molecular flexibility index (Phi) is 70.4. The van der Waals surface area contributed by atoms with E-state index in [9.17, 15) is 43.2 Å². The number of allylic oxidation sites excluding steroid dienone is 16. The summed E-state index contributed by atoms with van der Waals surface area (Å²) in [5.74, 6) is -2.20. The van der Waals surface area contributed by atoms with E-state index < -0.39 is 97.5 Å². The number of carbonyl (C=O) groups excluding carboxylic acids is 4. The number of phosphoric acid groups is 2. The zero-order valence-corrected chi connectivity index (χ0v) is 64.9. The number of hydrogen-bond donors (Lipinski definition) is 3. The molecular weight excluding hydrogens is 1310 g/mol. The summed E-state index contributed by atoms with van der Waals surface area (Å²) in [6.07, 6.45) is 76.8. The lowest BCUT2D eigenvalue weighted by atomic mass is 10.0. The van der Waals surface area contributed by atoms with Gasteiger partial charge in [-0.3, -0.25) is 37.3 Å². The first-order valence-corrected chi connectivity index (χ1v) is 42.5. The number of esters is 4. The van der Waals surface area contributed by atoms with Gasteiger partial charge in [0.05, 0.1) is 26.4 Å². The van der Waals surface area contributed by atoms with E-state index in [-0.39, 0.29) is 25.7 Å². The fraction of sp³-hybridized carbons (Fsp3) is 0.753. The molecule has 578 valence electrons. The Labute approximate surface area is 607 Å². The minimum absolute atomic E-state index is 0.0791. The van der Waals surface area contributed by atoms with Crippen LogP contribution in [0.3, 0.4) is 0 Å². The van der Waals surface area contributed by atoms with Crippen LogP contribution in [0.1, 0.15) is 336 Å². The zero-order valence-electron chi connectivity index (χ0n) is 63.1. The van der Waals surface area contributed by atoms with Crippen molar-refractivity contribution in [3.63, 3.8) is 0 Å². The van der Waals surface area contributed by atoms with Gasteiger partial charge in [-0.25, -0.2) is 9.13 Å². The maximum atomic E-state index is 13.1. The molecule has 5 atom stereocenters. The Balaban J connectivity index is 5.33. The van der Waals surface area contributed by atoms with E-state index in [4.69, 9.17) is 37.0 Å². The van der Waals surface area contributed by atoms with E-state index in [0.717, 1.165) is 180 Å². The highest BCUT2D eigenvalue weighted by Gasteiger charge is 2.30. The van der Waals surface area contributed by atoms with Crippen LogP contribution in [0.25, 0.3) is 0 Å². The number of aliphatic hydroxyl groups excluding tert-OH is 1. The second-order valence-electron chi connectivity index (χ2n) is 26.2. The summed E-state index contributed by atoms with van der Waals surface area (Å²) in [6, 6.07) is 0. The van der Waals surface area contributed by atoms with Crippen molar-refractivity contribution in [1.82, 2.24) is 0 Å². The van der Waals surface area contributed by atoms with Gasteiger partial charge >= 0.3 is 39.5 Å². The highest BCUT2D eigenvalue weighted by Crippen LogP contribution is 2.45. The van der Waals surface area contributed by atoms with Gasteiger partial charge in [-0.2, -0.15) is 0 Å². The summed E-state index contributed by atoms with van der Waals surface area (Å²) in [5, 5.41) is 10.6. The maximum Gasteiger partial charge on any atom is 0.472 e. The van der Waals surface area contributed by atoms with Crippen molar-refractivity contribution in [2.45, 2.75) is 354 Å². The zero-order chi connectivity index (χ0) is 73.2. The van der Waals surface area contributed by atoms with Crippen LogP contribution in [-0.4, -0.2) is 96.7 Å². The van der Waals surface area contributed by atoms with E-state index in [1.54, 1.807) is 0 Å². The molecule has 0 aromatic rings. The van der Waals surface area contributed by atoms with Crippen molar-refractivity contribution in [2.24, 2.45) is 0 Å². The van der Waals surface area contributed by atoms with Gasteiger partial charge in [-0.15, -0.1) is 0 Å². The first kappa shape index (κ1) is 96.0. The topological polar surface area (TPSA) is 237 Å². The van der Waals surface area contributed by atoms with E-state index >= 15 is 0 Å². The number of ether oxygens (including phenoxy) is 4. The third-order valence-electron chi connectivity index (χ3n) is 16.5. The average molecular weight is 1450 g/mol. The van der Waals surface area contributed by atoms with Gasteiger partial charge in [0, 0.05) is 25.7 Å². The Morgan fingerprint density at radius 2 is 0.530 bits per heavy atom. The molecule has 0 fully saturated rings. The van der Waals surface area contributed by atoms with Gasteiger partial charge < -0.3 is 33.8 Å². The molecule has 0 aliphatic rings. The maximum absolute atomic E-state index is 13.1. The number of unbranched alkanes of at least 4 members (excludes halogenated alkanes) is 32. The summed E-state index contributed by atoms with van der Waals surface area (Å²) in [7, 11) is -9.95. The van der Waals surface area contributed by atoms with Crippen LogP contribution in [0.15, 0.2) is 97.2 Å². The highest BCUT2D eigenvalue weighted by atomic mass is 31.2. The third-order valence-corrected chi connectivity index (χ3v) is 18.4. The molecule has 0 rings (SSSR count). The first-order valence-electron chi connectivity index (χ1n) is 39.5. The second kappa shape index (κ2) is 73.3. The Morgan fingerprint density at radius 3 is 0.840 bits per heavy atom. The predicted molar refractivity (Wildman–Crippen MR) is 409 cm³/mol. The average Bonchev–Trinajstić information content (AvgIpc) is 0.989. The largest absolute Gasteiger partial charge is 0.472 e. The Morgan fingerprint density at radius 1 is 0.290 bits per heavy atom. The van der Waals surface area contributed by atoms with Gasteiger partial charge in [0.15, 0.2) is 12.2 Å². The number of rotatable bonds is 74. The number of phosphoric ester groups is 2. The standard InChI is InChI=1S/C81H142O17P2/c1-5-9-13-17-21-25-29-32-35-37-40-42-46-49-53-57-61-65-78(83)91-71-76(97-80(85)67-63-59-55-51-45-28-24-20-16-12-8-4)73-95-99(87,88)93-69-75(82)70-94-100(89,90)96-74-77(98-81(86)68-64-60-56-52-48-44-39-34-31-27-23-19-15-11-7-3)72-92-79(84)66-62-58-54-50-47-43-41-38-36-33-30-26-22-18-14-10-6-2/h9-10,13-14,20-22,24-26,32-33,35-36,40,42,75-77,82H,5-8,11-12,15-19,23,27-31,34,37-39,41,43-74H2,1-4H3,(H,87,88)(H,89,90)/b13-9-,14-10-,24-20-,25-21-,26-22-,35-32-,36-33-,42-40-. The molecule has 17 nitrogen and oxygen atoms in total. The second-order valence-corrected chi connectivity index (χ2v) is 29.2. The molecule has 100 heavy (non-hydrogen) atoms. The van der Waals surface area contributed by atoms with Gasteiger partial charge in [0.1, 0.15) is 19.3 Å².